The van der Waals surface area contributed by atoms with Gasteiger partial charge in [0.25, 0.3) is 0 Å². The number of nitrogens with zero attached hydrogens (tertiary/aromatic N) is 2. The average molecular weight is 581 g/mol. The van der Waals surface area contributed by atoms with Crippen LogP contribution in [0.2, 0.25) is 5.02 Å². The quantitative estimate of drug-likeness (QED) is 0.141. The Morgan fingerprint density at radius 2 is 1.64 bits per heavy atom. The van der Waals surface area contributed by atoms with Crippen LogP contribution in [0.25, 0.3) is 22.2 Å². The number of hydrogen-bond acceptors (Lipinski definition) is 6. The first-order chi connectivity index (χ1) is 20.2. The Morgan fingerprint density at radius 3 is 2.38 bits per heavy atom. The molecule has 8 heteroatoms. The van der Waals surface area contributed by atoms with Crippen molar-refractivity contribution in [2.24, 2.45) is 17.8 Å². The number of carbonyl (C=O) groups excluding carboxylic acids is 4. The summed E-state index contributed by atoms with van der Waals surface area (Å²) in [6, 6.07) is 20.7. The number of fused-ring (bicyclic) bond motifs is 2. The van der Waals surface area contributed by atoms with Crippen LogP contribution >= 0.6 is 11.6 Å². The highest BCUT2D eigenvalue weighted by atomic mass is 35.5. The Kier molecular flexibility index (Phi) is 7.37. The van der Waals surface area contributed by atoms with Gasteiger partial charge in [-0.1, -0.05) is 42.3 Å². The molecule has 3 atom stereocenters. The number of carbonyl (C=O) groups is 4. The largest absolute Gasteiger partial charge is 0.454 e. The average Bonchev–Trinajstić information content (AvgIpc) is 3.24. The Bertz CT molecular complexity index is 1730. The van der Waals surface area contributed by atoms with Crippen LogP contribution in [-0.4, -0.2) is 35.2 Å². The number of hydrogen-bond donors (Lipinski definition) is 0. The SMILES string of the molecule is Cc1ccc2nc(-c3ccc(N4C(=O)[C@@H]5CC[C@@H](C)C[C@H]5C4=O)cc3)cc(C(=O)OCC(=O)c3ccc(Cl)cc3)c2c1. The topological polar surface area (TPSA) is 93.6 Å². The Balaban J connectivity index is 1.27. The predicted molar refractivity (Wildman–Crippen MR) is 160 cm³/mol. The number of rotatable bonds is 6. The summed E-state index contributed by atoms with van der Waals surface area (Å²) in [7, 11) is 0. The second-order valence-electron chi connectivity index (χ2n) is 11.3. The number of Topliss-reactive ketones (excluding diaryl/α,β-unsaturated/α-hetero) is 1. The number of anilines is 1. The van der Waals surface area contributed by atoms with Crippen LogP contribution < -0.4 is 4.90 Å². The smallest absolute Gasteiger partial charge is 0.339 e. The van der Waals surface area contributed by atoms with Gasteiger partial charge in [-0.25, -0.2) is 9.78 Å². The van der Waals surface area contributed by atoms with Gasteiger partial charge in [0.15, 0.2) is 12.4 Å². The van der Waals surface area contributed by atoms with Crippen molar-refractivity contribution in [1.29, 1.82) is 0 Å². The molecule has 4 aromatic rings. The van der Waals surface area contributed by atoms with Gasteiger partial charge in [-0.2, -0.15) is 0 Å². The maximum Gasteiger partial charge on any atom is 0.339 e. The zero-order chi connectivity index (χ0) is 29.5. The first-order valence-electron chi connectivity index (χ1n) is 14.0. The summed E-state index contributed by atoms with van der Waals surface area (Å²) in [6.45, 7) is 3.63. The lowest BCUT2D eigenvalue weighted by Crippen LogP contribution is -2.30. The molecule has 0 spiro atoms. The number of halogens is 1. The van der Waals surface area contributed by atoms with Gasteiger partial charge in [0.2, 0.25) is 11.8 Å². The fourth-order valence-corrected chi connectivity index (χ4v) is 6.14. The summed E-state index contributed by atoms with van der Waals surface area (Å²) in [5.74, 6) is -1.27. The van der Waals surface area contributed by atoms with Gasteiger partial charge in [0.05, 0.1) is 34.3 Å². The van der Waals surface area contributed by atoms with Crippen LogP contribution in [0, 0.1) is 24.7 Å². The molecular formula is C34H29ClN2O5. The van der Waals surface area contributed by atoms with Gasteiger partial charge in [0, 0.05) is 21.5 Å². The Hall–Kier alpha value is -4.36. The molecule has 1 saturated carbocycles. The molecule has 2 heterocycles. The van der Waals surface area contributed by atoms with E-state index in [2.05, 4.69) is 6.92 Å². The van der Waals surface area contributed by atoms with Crippen molar-refractivity contribution < 1.29 is 23.9 Å². The third-order valence-corrected chi connectivity index (χ3v) is 8.55. The Labute approximate surface area is 248 Å². The number of pyridine rings is 1. The number of imide groups is 1. The molecule has 0 N–H and O–H groups in total. The molecule has 1 saturated heterocycles. The standard InChI is InChI=1S/C34H29ClN2O5/c1-19-3-13-25-27(16-19)33(40)37(32(25)39)24-11-7-21(8-12-24)30-17-28(26-15-20(2)4-14-29(26)36-30)34(41)42-18-31(38)22-5-9-23(35)10-6-22/h4-12,14-15,17,19,25,27H,3,13,16,18H2,1-2H3/t19-,25-,27-/m1/s1. The molecule has 2 fully saturated rings. The van der Waals surface area contributed by atoms with Gasteiger partial charge >= 0.3 is 5.97 Å². The van der Waals surface area contributed by atoms with E-state index in [9.17, 15) is 19.2 Å². The molecule has 1 aliphatic carbocycles. The molecule has 1 aliphatic heterocycles. The summed E-state index contributed by atoms with van der Waals surface area (Å²) in [6.07, 6.45) is 2.45. The van der Waals surface area contributed by atoms with Crippen LogP contribution in [-0.2, 0) is 14.3 Å². The maximum absolute atomic E-state index is 13.3. The first-order valence-corrected chi connectivity index (χ1v) is 14.4. The van der Waals surface area contributed by atoms with E-state index >= 15 is 0 Å². The van der Waals surface area contributed by atoms with Gasteiger partial charge in [-0.15, -0.1) is 0 Å². The van der Waals surface area contributed by atoms with E-state index in [1.54, 1.807) is 54.6 Å². The van der Waals surface area contributed by atoms with E-state index in [0.717, 1.165) is 24.8 Å². The number of ketones is 1. The lowest BCUT2D eigenvalue weighted by Gasteiger charge is -2.25. The molecule has 2 amide bonds. The third-order valence-electron chi connectivity index (χ3n) is 8.29. The van der Waals surface area contributed by atoms with Gasteiger partial charge in [-0.05, 0) is 86.7 Å². The van der Waals surface area contributed by atoms with E-state index < -0.39 is 12.6 Å². The van der Waals surface area contributed by atoms with Crippen LogP contribution in [0.3, 0.4) is 0 Å². The normalized spacial score (nSPS) is 20.1. The predicted octanol–water partition coefficient (Wildman–Crippen LogP) is 6.83. The minimum atomic E-state index is -0.640. The van der Waals surface area contributed by atoms with Gasteiger partial charge in [0.1, 0.15) is 0 Å². The van der Waals surface area contributed by atoms with E-state index in [4.69, 9.17) is 21.3 Å². The van der Waals surface area contributed by atoms with E-state index in [0.29, 0.717) is 44.4 Å². The summed E-state index contributed by atoms with van der Waals surface area (Å²) in [4.78, 5) is 58.3. The molecule has 6 rings (SSSR count). The summed E-state index contributed by atoms with van der Waals surface area (Å²) in [5.41, 5.74) is 3.99. The van der Waals surface area contributed by atoms with E-state index in [-0.39, 0.29) is 35.0 Å². The van der Waals surface area contributed by atoms with Gasteiger partial charge < -0.3 is 4.74 Å². The lowest BCUT2D eigenvalue weighted by molar-refractivity contribution is -0.122. The number of esters is 1. The second-order valence-corrected chi connectivity index (χ2v) is 11.7. The minimum Gasteiger partial charge on any atom is -0.454 e. The molecule has 42 heavy (non-hydrogen) atoms. The molecule has 212 valence electrons. The summed E-state index contributed by atoms with van der Waals surface area (Å²) in [5, 5.41) is 1.12. The van der Waals surface area contributed by atoms with Crippen molar-refractivity contribution in [3.8, 4) is 11.3 Å². The van der Waals surface area contributed by atoms with Crippen LogP contribution in [0.5, 0.6) is 0 Å². The highest BCUT2D eigenvalue weighted by molar-refractivity contribution is 6.30. The molecular weight excluding hydrogens is 552 g/mol. The van der Waals surface area contributed by atoms with Crippen molar-refractivity contribution in [3.05, 3.63) is 94.5 Å². The molecule has 0 unspecified atom stereocenters. The van der Waals surface area contributed by atoms with Crippen molar-refractivity contribution in [2.75, 3.05) is 11.5 Å². The summed E-state index contributed by atoms with van der Waals surface area (Å²) < 4.78 is 5.45. The van der Waals surface area contributed by atoms with Crippen LogP contribution in [0.4, 0.5) is 5.69 Å². The second kappa shape index (κ2) is 11.1. The highest BCUT2D eigenvalue weighted by Gasteiger charge is 2.49. The van der Waals surface area contributed by atoms with Gasteiger partial charge in [-0.3, -0.25) is 19.3 Å². The number of aryl methyl sites for hydroxylation is 1. The number of amides is 2. The van der Waals surface area contributed by atoms with E-state index in [1.165, 1.54) is 4.90 Å². The molecule has 0 radical (unpaired) electrons. The van der Waals surface area contributed by atoms with E-state index in [1.807, 2.05) is 25.1 Å². The zero-order valence-corrected chi connectivity index (χ0v) is 24.1. The zero-order valence-electron chi connectivity index (χ0n) is 23.3. The number of ether oxygens (including phenoxy) is 1. The summed E-state index contributed by atoms with van der Waals surface area (Å²) >= 11 is 5.91. The Morgan fingerprint density at radius 1 is 0.929 bits per heavy atom. The van der Waals surface area contributed by atoms with Crippen molar-refractivity contribution in [2.45, 2.75) is 33.1 Å². The fourth-order valence-electron chi connectivity index (χ4n) is 6.01. The lowest BCUT2D eigenvalue weighted by atomic mass is 9.76. The molecule has 3 aromatic carbocycles. The highest BCUT2D eigenvalue weighted by Crippen LogP contribution is 2.42. The minimum absolute atomic E-state index is 0.123. The first kappa shape index (κ1) is 27.8. The maximum atomic E-state index is 13.3. The third kappa shape index (κ3) is 5.21. The van der Waals surface area contributed by atoms with Crippen molar-refractivity contribution in [3.63, 3.8) is 0 Å². The van der Waals surface area contributed by atoms with Crippen molar-refractivity contribution in [1.82, 2.24) is 4.98 Å². The monoisotopic (exact) mass is 580 g/mol. The molecule has 7 nitrogen and oxygen atoms in total. The fraction of sp³-hybridized carbons (Fsp3) is 0.265. The molecule has 1 aromatic heterocycles. The number of aromatic nitrogens is 1. The molecule has 0 bridgehead atoms. The number of benzene rings is 3. The molecule has 2 aliphatic rings. The van der Waals surface area contributed by atoms with Crippen LogP contribution in [0.1, 0.15) is 52.5 Å². The van der Waals surface area contributed by atoms with Crippen molar-refractivity contribution >= 4 is 51.8 Å². The van der Waals surface area contributed by atoms with Crippen LogP contribution in [0.15, 0.2) is 72.8 Å².